The second-order valence-corrected chi connectivity index (χ2v) is 11.1. The van der Waals surface area contributed by atoms with Gasteiger partial charge in [-0.15, -0.1) is 0 Å². The minimum absolute atomic E-state index is 0.130. The lowest BCUT2D eigenvalue weighted by molar-refractivity contribution is 0.412. The van der Waals surface area contributed by atoms with Gasteiger partial charge in [0, 0.05) is 29.0 Å². The summed E-state index contributed by atoms with van der Waals surface area (Å²) in [7, 11) is -6.11. The Balaban J connectivity index is 2.05. The van der Waals surface area contributed by atoms with Crippen LogP contribution in [0.15, 0.2) is 90.0 Å². The molecule has 0 amide bonds. The van der Waals surface area contributed by atoms with Crippen molar-refractivity contribution in [2.45, 2.75) is 4.90 Å². The molecule has 4 aromatic rings. The highest BCUT2D eigenvalue weighted by molar-refractivity contribution is 7.90. The molecule has 29 heavy (non-hydrogen) atoms. The topological polar surface area (TPSA) is 65.4 Å². The van der Waals surface area contributed by atoms with Gasteiger partial charge >= 0.3 is 0 Å². The molecule has 1 heterocycles. The molecule has 0 bridgehead atoms. The molecule has 1 atom stereocenters. The molecular weight excluding hydrogens is 429 g/mol. The van der Waals surface area contributed by atoms with E-state index in [-0.39, 0.29) is 10.2 Å². The molecule has 0 aliphatic heterocycles. The van der Waals surface area contributed by atoms with Crippen LogP contribution in [0.5, 0.6) is 0 Å². The number of halogens is 1. The van der Waals surface area contributed by atoms with Crippen LogP contribution < -0.4 is 10.6 Å². The smallest absolute Gasteiger partial charge is 0.268 e. The summed E-state index contributed by atoms with van der Waals surface area (Å²) >= 11 is 6.18. The van der Waals surface area contributed by atoms with E-state index in [0.717, 1.165) is 3.97 Å². The molecule has 0 saturated heterocycles. The molecular formula is C21H17ClNO4PS. The van der Waals surface area contributed by atoms with Gasteiger partial charge in [0.25, 0.3) is 17.4 Å². The van der Waals surface area contributed by atoms with Gasteiger partial charge in [-0.2, -0.15) is 0 Å². The quantitative estimate of drug-likeness (QED) is 0.427. The summed E-state index contributed by atoms with van der Waals surface area (Å²) in [4.78, 5) is 0.130. The fourth-order valence-electron chi connectivity index (χ4n) is 3.26. The molecule has 148 valence electrons. The Hall–Kier alpha value is -2.37. The summed E-state index contributed by atoms with van der Waals surface area (Å²) in [6, 6.07) is 21.6. The third-order valence-electron chi connectivity index (χ3n) is 4.68. The van der Waals surface area contributed by atoms with Crippen LogP contribution in [-0.2, 0) is 19.1 Å². The SMILES string of the molecule is COP(=O)(c1ccccc1)c1cn(S(=O)(=O)c2ccccc2)c2ccc(Cl)cc12. The highest BCUT2D eigenvalue weighted by Gasteiger charge is 2.33. The maximum atomic E-state index is 13.9. The van der Waals surface area contributed by atoms with Crippen molar-refractivity contribution in [2.24, 2.45) is 0 Å². The van der Waals surface area contributed by atoms with Gasteiger partial charge in [-0.1, -0.05) is 48.0 Å². The first-order chi connectivity index (χ1) is 13.9. The average molecular weight is 446 g/mol. The van der Waals surface area contributed by atoms with E-state index in [2.05, 4.69) is 0 Å². The van der Waals surface area contributed by atoms with Gasteiger partial charge in [0.05, 0.1) is 15.7 Å². The Bertz CT molecular complexity index is 1340. The lowest BCUT2D eigenvalue weighted by atomic mass is 10.2. The van der Waals surface area contributed by atoms with Crippen molar-refractivity contribution in [3.63, 3.8) is 0 Å². The van der Waals surface area contributed by atoms with Gasteiger partial charge in [-0.3, -0.25) is 4.57 Å². The number of fused-ring (bicyclic) bond motifs is 1. The number of hydrogen-bond acceptors (Lipinski definition) is 4. The fraction of sp³-hybridized carbons (Fsp3) is 0.0476. The predicted molar refractivity (Wildman–Crippen MR) is 116 cm³/mol. The van der Waals surface area contributed by atoms with Crippen molar-refractivity contribution >= 4 is 50.5 Å². The van der Waals surface area contributed by atoms with Crippen LogP contribution in [0.3, 0.4) is 0 Å². The Morgan fingerprint density at radius 1 is 0.931 bits per heavy atom. The fourth-order valence-corrected chi connectivity index (χ4v) is 6.92. The van der Waals surface area contributed by atoms with Crippen LogP contribution in [0.2, 0.25) is 5.02 Å². The zero-order chi connectivity index (χ0) is 20.6. The van der Waals surface area contributed by atoms with Crippen LogP contribution in [0.1, 0.15) is 0 Å². The summed E-state index contributed by atoms with van der Waals surface area (Å²) in [5.41, 5.74) is 0.376. The molecule has 0 aliphatic rings. The van der Waals surface area contributed by atoms with E-state index in [4.69, 9.17) is 16.1 Å². The number of rotatable bonds is 5. The summed E-state index contributed by atoms with van der Waals surface area (Å²) in [5, 5.41) is 1.62. The first-order valence-electron chi connectivity index (χ1n) is 8.71. The lowest BCUT2D eigenvalue weighted by Gasteiger charge is -2.16. The number of nitrogens with zero attached hydrogens (tertiary/aromatic N) is 1. The van der Waals surface area contributed by atoms with E-state index in [1.807, 2.05) is 6.07 Å². The van der Waals surface area contributed by atoms with Gasteiger partial charge in [0.15, 0.2) is 0 Å². The molecule has 0 N–H and O–H groups in total. The van der Waals surface area contributed by atoms with E-state index in [9.17, 15) is 13.0 Å². The largest absolute Gasteiger partial charge is 0.325 e. The van der Waals surface area contributed by atoms with E-state index in [1.54, 1.807) is 60.7 Å². The van der Waals surface area contributed by atoms with Gasteiger partial charge in [-0.25, -0.2) is 12.4 Å². The maximum Gasteiger partial charge on any atom is 0.268 e. The van der Waals surface area contributed by atoms with E-state index in [0.29, 0.717) is 21.2 Å². The second kappa shape index (κ2) is 7.47. The van der Waals surface area contributed by atoms with Crippen molar-refractivity contribution in [1.82, 2.24) is 3.97 Å². The van der Waals surface area contributed by atoms with Gasteiger partial charge < -0.3 is 4.52 Å². The van der Waals surface area contributed by atoms with Gasteiger partial charge in [-0.05, 0) is 42.5 Å². The molecule has 0 radical (unpaired) electrons. The van der Waals surface area contributed by atoms with Crippen molar-refractivity contribution in [3.8, 4) is 0 Å². The normalized spacial score (nSPS) is 14.0. The van der Waals surface area contributed by atoms with E-state index in [1.165, 1.54) is 25.4 Å². The van der Waals surface area contributed by atoms with Crippen molar-refractivity contribution in [1.29, 1.82) is 0 Å². The Labute approximate surface area is 174 Å². The third kappa shape index (κ3) is 3.32. The minimum atomic E-state index is -3.91. The second-order valence-electron chi connectivity index (χ2n) is 6.36. The predicted octanol–water partition coefficient (Wildman–Crippen LogP) is 4.41. The number of benzene rings is 3. The Kier molecular flexibility index (Phi) is 5.13. The molecule has 0 spiro atoms. The van der Waals surface area contributed by atoms with Crippen LogP contribution in [0.25, 0.3) is 10.9 Å². The summed E-state index contributed by atoms with van der Waals surface area (Å²) in [6.45, 7) is 0. The number of aromatic nitrogens is 1. The highest BCUT2D eigenvalue weighted by atomic mass is 35.5. The Morgan fingerprint density at radius 3 is 2.17 bits per heavy atom. The minimum Gasteiger partial charge on any atom is -0.325 e. The monoisotopic (exact) mass is 445 g/mol. The molecule has 0 saturated carbocycles. The molecule has 8 heteroatoms. The zero-order valence-corrected chi connectivity index (χ0v) is 17.9. The molecule has 4 rings (SSSR count). The molecule has 5 nitrogen and oxygen atoms in total. The average Bonchev–Trinajstić information content (AvgIpc) is 3.14. The lowest BCUT2D eigenvalue weighted by Crippen LogP contribution is -2.18. The molecule has 1 aromatic heterocycles. The van der Waals surface area contributed by atoms with Crippen LogP contribution in [0.4, 0.5) is 0 Å². The van der Waals surface area contributed by atoms with Gasteiger partial charge in [0.2, 0.25) is 0 Å². The Morgan fingerprint density at radius 2 is 1.55 bits per heavy atom. The van der Waals surface area contributed by atoms with E-state index < -0.39 is 17.4 Å². The zero-order valence-electron chi connectivity index (χ0n) is 15.4. The summed E-state index contributed by atoms with van der Waals surface area (Å²) in [5.74, 6) is 0. The molecule has 0 aliphatic carbocycles. The van der Waals surface area contributed by atoms with Crippen molar-refractivity contribution in [2.75, 3.05) is 7.11 Å². The summed E-state index contributed by atoms with van der Waals surface area (Å²) < 4.78 is 47.1. The highest BCUT2D eigenvalue weighted by Crippen LogP contribution is 2.46. The van der Waals surface area contributed by atoms with Crippen molar-refractivity contribution in [3.05, 3.63) is 90.1 Å². The number of hydrogen-bond donors (Lipinski definition) is 0. The first kappa shape index (κ1) is 19.9. The molecule has 0 fully saturated rings. The maximum absolute atomic E-state index is 13.9. The van der Waals surface area contributed by atoms with Gasteiger partial charge in [0.1, 0.15) is 0 Å². The van der Waals surface area contributed by atoms with Crippen molar-refractivity contribution < 1.29 is 17.5 Å². The molecule has 1 unspecified atom stereocenters. The van der Waals surface area contributed by atoms with E-state index >= 15 is 0 Å². The first-order valence-corrected chi connectivity index (χ1v) is 12.2. The van der Waals surface area contributed by atoms with Crippen LogP contribution >= 0.6 is 19.0 Å². The molecule has 3 aromatic carbocycles. The third-order valence-corrected chi connectivity index (χ3v) is 9.09. The van der Waals surface area contributed by atoms with Crippen LogP contribution in [0, 0.1) is 0 Å². The summed E-state index contributed by atoms with van der Waals surface area (Å²) in [6.07, 6.45) is 1.38. The standard InChI is InChI=1S/C21H17ClNO4PS/c1-27-28(24,17-8-4-2-5-9-17)21-15-23(20-13-12-16(22)14-19(20)21)29(25,26)18-10-6-3-7-11-18/h2-15H,1H3. The van der Waals surface area contributed by atoms with Crippen LogP contribution in [-0.4, -0.2) is 19.5 Å².